The van der Waals surface area contributed by atoms with Gasteiger partial charge in [-0.2, -0.15) is 0 Å². The summed E-state index contributed by atoms with van der Waals surface area (Å²) in [6, 6.07) is 11.0. The van der Waals surface area contributed by atoms with Crippen LogP contribution in [0.3, 0.4) is 0 Å². The van der Waals surface area contributed by atoms with Crippen LogP contribution in [0.5, 0.6) is 17.2 Å². The van der Waals surface area contributed by atoms with Gasteiger partial charge in [0.2, 0.25) is 11.4 Å². The van der Waals surface area contributed by atoms with Crippen molar-refractivity contribution in [3.63, 3.8) is 0 Å². The Morgan fingerprint density at radius 2 is 1.82 bits per heavy atom. The van der Waals surface area contributed by atoms with Crippen LogP contribution in [0, 0.1) is 5.92 Å². The van der Waals surface area contributed by atoms with Crippen molar-refractivity contribution >= 4 is 23.2 Å². The first kappa shape index (κ1) is 22.7. The lowest BCUT2D eigenvalue weighted by atomic mass is 9.72. The van der Waals surface area contributed by atoms with Crippen LogP contribution in [0.2, 0.25) is 5.02 Å². The van der Waals surface area contributed by atoms with E-state index in [1.807, 2.05) is 30.3 Å². The fourth-order valence-electron chi connectivity index (χ4n) is 5.40. The third-order valence-corrected chi connectivity index (χ3v) is 7.49. The van der Waals surface area contributed by atoms with Crippen LogP contribution in [0.4, 0.5) is 0 Å². The number of benzene rings is 2. The molecule has 1 spiro atoms. The lowest BCUT2D eigenvalue weighted by Crippen LogP contribution is -2.52. The number of carbonyl (C=O) groups is 2. The van der Waals surface area contributed by atoms with Gasteiger partial charge in [-0.25, -0.2) is 0 Å². The van der Waals surface area contributed by atoms with Gasteiger partial charge >= 0.3 is 0 Å². The Balaban J connectivity index is 1.69. The summed E-state index contributed by atoms with van der Waals surface area (Å²) in [6.07, 6.45) is 0.602. The summed E-state index contributed by atoms with van der Waals surface area (Å²) in [7, 11) is 2.92. The lowest BCUT2D eigenvalue weighted by Gasteiger charge is -2.38. The fourth-order valence-corrected chi connectivity index (χ4v) is 5.66. The highest BCUT2D eigenvalue weighted by Gasteiger charge is 2.65. The summed E-state index contributed by atoms with van der Waals surface area (Å²) in [5.74, 6) is -0.0536. The number of hydrogen-bond donors (Lipinski definition) is 1. The molecule has 8 heteroatoms. The maximum atomic E-state index is 14.1. The number of methoxy groups -OCH3 is 2. The number of ether oxygens (including phenoxy) is 4. The maximum absolute atomic E-state index is 14.1. The number of ketones is 2. The Hall–Kier alpha value is -3.03. The summed E-state index contributed by atoms with van der Waals surface area (Å²) in [5, 5.41) is 10.0. The van der Waals surface area contributed by atoms with Crippen molar-refractivity contribution in [3.8, 4) is 17.2 Å². The third-order valence-electron chi connectivity index (χ3n) is 7.13. The first-order valence-corrected chi connectivity index (χ1v) is 11.5. The van der Waals surface area contributed by atoms with Crippen molar-refractivity contribution in [3.05, 3.63) is 63.9 Å². The average Bonchev–Trinajstić information content (AvgIpc) is 3.38. The van der Waals surface area contributed by atoms with E-state index in [-0.39, 0.29) is 65.3 Å². The van der Waals surface area contributed by atoms with Gasteiger partial charge in [0.25, 0.3) is 0 Å². The minimum Gasteiger partial charge on any atom is -0.496 e. The average molecular weight is 485 g/mol. The van der Waals surface area contributed by atoms with Crippen molar-refractivity contribution in [2.45, 2.75) is 37.4 Å². The highest BCUT2D eigenvalue weighted by atomic mass is 35.5. The molecule has 3 aliphatic rings. The van der Waals surface area contributed by atoms with Gasteiger partial charge < -0.3 is 24.1 Å². The molecule has 0 fully saturated rings. The first-order valence-electron chi connectivity index (χ1n) is 11.1. The van der Waals surface area contributed by atoms with E-state index >= 15 is 0 Å². The minimum atomic E-state index is -1.57. The Bertz CT molecular complexity index is 1220. The lowest BCUT2D eigenvalue weighted by molar-refractivity contribution is -0.119. The molecule has 3 atom stereocenters. The van der Waals surface area contributed by atoms with Gasteiger partial charge in [0.05, 0.1) is 14.2 Å². The van der Waals surface area contributed by atoms with Crippen LogP contribution in [0.15, 0.2) is 47.7 Å². The van der Waals surface area contributed by atoms with Crippen LogP contribution >= 0.6 is 11.6 Å². The molecule has 2 aromatic rings. The molecule has 1 aliphatic carbocycles. The molecular formula is C26H25ClO7. The van der Waals surface area contributed by atoms with Crippen molar-refractivity contribution < 1.29 is 33.6 Å². The zero-order chi connectivity index (χ0) is 24.3. The third kappa shape index (κ3) is 2.93. The second-order valence-electron chi connectivity index (χ2n) is 8.91. The monoisotopic (exact) mass is 484 g/mol. The molecule has 0 saturated carbocycles. The van der Waals surface area contributed by atoms with Crippen LogP contribution in [-0.2, 0) is 15.1 Å². The van der Waals surface area contributed by atoms with E-state index in [2.05, 4.69) is 0 Å². The second-order valence-corrected chi connectivity index (χ2v) is 9.29. The molecule has 5 rings (SSSR count). The predicted octanol–water partition coefficient (Wildman–Crippen LogP) is 4.23. The molecule has 178 valence electrons. The van der Waals surface area contributed by atoms with Crippen LogP contribution < -0.4 is 14.2 Å². The van der Waals surface area contributed by atoms with Crippen LogP contribution in [0.1, 0.15) is 42.1 Å². The van der Waals surface area contributed by atoms with E-state index in [9.17, 15) is 14.7 Å². The van der Waals surface area contributed by atoms with E-state index in [0.717, 1.165) is 5.56 Å². The quantitative estimate of drug-likeness (QED) is 0.679. The Morgan fingerprint density at radius 3 is 2.47 bits per heavy atom. The Kier molecular flexibility index (Phi) is 5.37. The van der Waals surface area contributed by atoms with Gasteiger partial charge in [0, 0.05) is 43.4 Å². The zero-order valence-electron chi connectivity index (χ0n) is 19.1. The molecule has 1 N–H and O–H groups in total. The Labute approximate surface area is 202 Å². The van der Waals surface area contributed by atoms with Crippen molar-refractivity contribution in [1.29, 1.82) is 0 Å². The summed E-state index contributed by atoms with van der Waals surface area (Å²) in [6.45, 7) is 1.64. The molecule has 34 heavy (non-hydrogen) atoms. The van der Waals surface area contributed by atoms with Gasteiger partial charge in [-0.15, -0.1) is 0 Å². The number of aliphatic hydroxyl groups is 1. The number of carbonyl (C=O) groups excluding carboxylic acids is 2. The zero-order valence-corrected chi connectivity index (χ0v) is 19.9. The normalized spacial score (nSPS) is 27.4. The molecule has 0 aromatic heterocycles. The molecule has 7 nitrogen and oxygen atoms in total. The molecule has 0 bridgehead atoms. The fraction of sp³-hybridized carbons (Fsp3) is 0.385. The largest absolute Gasteiger partial charge is 0.496 e. The molecular weight excluding hydrogens is 460 g/mol. The molecule has 2 unspecified atom stereocenters. The van der Waals surface area contributed by atoms with E-state index in [1.165, 1.54) is 14.2 Å². The van der Waals surface area contributed by atoms with Crippen molar-refractivity contribution in [2.24, 2.45) is 5.92 Å². The number of hydrogen-bond acceptors (Lipinski definition) is 7. The summed E-state index contributed by atoms with van der Waals surface area (Å²) in [4.78, 5) is 27.3. The predicted molar refractivity (Wildman–Crippen MR) is 124 cm³/mol. The minimum absolute atomic E-state index is 0.0909. The first-order chi connectivity index (χ1) is 16.3. The van der Waals surface area contributed by atoms with Gasteiger partial charge in [-0.05, 0) is 5.56 Å². The molecule has 0 saturated heterocycles. The van der Waals surface area contributed by atoms with Gasteiger partial charge in [-0.1, -0.05) is 48.9 Å². The number of halogens is 1. The summed E-state index contributed by atoms with van der Waals surface area (Å²) >= 11 is 6.56. The molecule has 2 aromatic carbocycles. The number of Topliss-reactive ketones (excluding diaryl/α,β-unsaturated/α-hetero) is 2. The van der Waals surface area contributed by atoms with E-state index in [0.29, 0.717) is 11.3 Å². The molecule has 2 heterocycles. The van der Waals surface area contributed by atoms with Gasteiger partial charge in [0.15, 0.2) is 17.3 Å². The number of fused-ring (bicyclic) bond motifs is 2. The Morgan fingerprint density at radius 1 is 1.12 bits per heavy atom. The van der Waals surface area contributed by atoms with Gasteiger partial charge in [-0.3, -0.25) is 9.59 Å². The summed E-state index contributed by atoms with van der Waals surface area (Å²) in [5.41, 5.74) is -1.13. The molecule has 0 radical (unpaired) electrons. The second kappa shape index (κ2) is 8.03. The number of aliphatic hydroxyl groups excluding tert-OH is 1. The van der Waals surface area contributed by atoms with Crippen molar-refractivity contribution in [1.82, 2.24) is 0 Å². The van der Waals surface area contributed by atoms with Gasteiger partial charge in [0.1, 0.15) is 27.7 Å². The molecule has 2 aliphatic heterocycles. The maximum Gasteiger partial charge on any atom is 0.231 e. The van der Waals surface area contributed by atoms with Crippen LogP contribution in [-0.4, -0.2) is 43.1 Å². The topological polar surface area (TPSA) is 91.3 Å². The number of rotatable bonds is 5. The van der Waals surface area contributed by atoms with E-state index < -0.39 is 17.1 Å². The molecule has 0 amide bonds. The van der Waals surface area contributed by atoms with Crippen LogP contribution in [0.25, 0.3) is 0 Å². The smallest absolute Gasteiger partial charge is 0.231 e. The van der Waals surface area contributed by atoms with E-state index in [1.54, 1.807) is 13.0 Å². The standard InChI is InChI=1S/C26H25ClO7/c1-14-11-17(29)16-13-25(9-10-28,15-7-5-4-6-8-15)34-24(16)26(14)23(30)20-18(31-2)12-19(32-3)21(27)22(20)33-26/h4-8,12,14,28H,9-11,13H2,1-3H3/t14?,25?,26-/m1/s1. The SMILES string of the molecule is COc1cc(OC)c2c(c1Cl)O[C@]1(C2=O)C2=C(CC(CCO)(c3ccccc3)O2)C(=O)CC1C. The van der Waals surface area contributed by atoms with E-state index in [4.69, 9.17) is 30.5 Å². The highest BCUT2D eigenvalue weighted by molar-refractivity contribution is 6.35. The summed E-state index contributed by atoms with van der Waals surface area (Å²) < 4.78 is 23.8. The van der Waals surface area contributed by atoms with Crippen molar-refractivity contribution in [2.75, 3.05) is 20.8 Å². The highest BCUT2D eigenvalue weighted by Crippen LogP contribution is 2.59.